The van der Waals surface area contributed by atoms with Gasteiger partial charge in [0.15, 0.2) is 0 Å². The minimum absolute atomic E-state index is 0.869. The Labute approximate surface area is 830 Å². The molecule has 26 aromatic carbocycles. The molecule has 144 heavy (non-hydrogen) atoms. The average molecular weight is 1830 g/mol. The first-order valence-electron chi connectivity index (χ1n) is 49.6. The molecule has 0 aliphatic heterocycles. The highest BCUT2D eigenvalue weighted by Crippen LogP contribution is 2.56. The molecule has 0 aliphatic carbocycles. The first kappa shape index (κ1) is 83.4. The Morgan fingerprint density at radius 3 is 0.875 bits per heavy atom. The SMILES string of the molecule is Cc1cc(C)cc(-c2ccc3oc4ccccc4c3c2-c2c3ccccc3c(-c3ccccc3)c3ccccc23)c1.c1ccc(-c2ccc(-c3cc(-c4c5ccccc5c(-c5cccc6ccccc56)c5ccccc45)cc4c3oc3ccccc34)c3ccccc23)cc1.c1ccc2c(-c3c4ccccc4c(-c4cc(-c5cccc6oc7ccccc7c56)c5oc6ccccc6c5c4)c4ccccc34)cccc2c1. The topological polar surface area (TPSA) is 52.6 Å². The Balaban J connectivity index is 0.000000106. The molecule has 0 amide bonds. The quantitative estimate of drug-likeness (QED) is 0.128. The third-order valence-corrected chi connectivity index (χ3v) is 29.8. The van der Waals surface area contributed by atoms with Crippen LogP contribution in [0.25, 0.3) is 296 Å². The maximum absolute atomic E-state index is 6.79. The summed E-state index contributed by atoms with van der Waals surface area (Å²) in [6.07, 6.45) is 0. The van der Waals surface area contributed by atoms with Gasteiger partial charge in [-0.3, -0.25) is 0 Å². The summed E-state index contributed by atoms with van der Waals surface area (Å²) in [4.78, 5) is 0. The predicted octanol–water partition coefficient (Wildman–Crippen LogP) is 40.3. The Bertz CT molecular complexity index is 10300. The van der Waals surface area contributed by atoms with Gasteiger partial charge in [-0.05, 0) is 266 Å². The normalized spacial score (nSPS) is 11.8. The Hall–Kier alpha value is -18.7. The maximum atomic E-state index is 6.79. The summed E-state index contributed by atoms with van der Waals surface area (Å²) in [7, 11) is 0. The zero-order chi connectivity index (χ0) is 95.1. The van der Waals surface area contributed by atoms with Gasteiger partial charge in [0, 0.05) is 59.8 Å². The van der Waals surface area contributed by atoms with E-state index in [-0.39, 0.29) is 0 Å². The van der Waals surface area contributed by atoms with Crippen LogP contribution in [-0.2, 0) is 0 Å². The number of fused-ring (bicyclic) bond motifs is 21. The predicted molar refractivity (Wildman–Crippen MR) is 610 cm³/mol. The van der Waals surface area contributed by atoms with Crippen LogP contribution >= 0.6 is 0 Å². The summed E-state index contributed by atoms with van der Waals surface area (Å²) in [5.41, 5.74) is 33.8. The van der Waals surface area contributed by atoms with E-state index in [0.717, 1.165) is 110 Å². The molecule has 0 unspecified atom stereocenters. The lowest BCUT2D eigenvalue weighted by molar-refractivity contribution is 0.668. The maximum Gasteiger partial charge on any atom is 0.143 e. The van der Waals surface area contributed by atoms with Crippen molar-refractivity contribution in [2.45, 2.75) is 13.8 Å². The molecule has 0 bridgehead atoms. The number of para-hydroxylation sites is 4. The van der Waals surface area contributed by atoms with Crippen molar-refractivity contribution < 1.29 is 17.7 Å². The highest BCUT2D eigenvalue weighted by atomic mass is 16.3. The van der Waals surface area contributed by atoms with E-state index in [2.05, 4.69) is 493 Å². The summed E-state index contributed by atoms with van der Waals surface area (Å²) < 4.78 is 26.4. The summed E-state index contributed by atoms with van der Waals surface area (Å²) >= 11 is 0. The molecule has 4 heterocycles. The van der Waals surface area contributed by atoms with E-state index in [9.17, 15) is 0 Å². The largest absolute Gasteiger partial charge is 0.456 e. The molecule has 4 heteroatoms. The van der Waals surface area contributed by atoms with Crippen molar-refractivity contribution in [3.05, 3.63) is 509 Å². The average Bonchev–Trinajstić information content (AvgIpc) is 1.21. The van der Waals surface area contributed by atoms with Crippen LogP contribution < -0.4 is 0 Å². The lowest BCUT2D eigenvalue weighted by atomic mass is 9.82. The van der Waals surface area contributed by atoms with Crippen LogP contribution in [0.4, 0.5) is 0 Å². The molecule has 0 N–H and O–H groups in total. The van der Waals surface area contributed by atoms with E-state index in [1.165, 1.54) is 197 Å². The van der Waals surface area contributed by atoms with Crippen molar-refractivity contribution in [3.8, 4) is 111 Å². The van der Waals surface area contributed by atoms with Crippen LogP contribution in [0.3, 0.4) is 0 Å². The highest BCUT2D eigenvalue weighted by molar-refractivity contribution is 6.31. The molecule has 0 spiro atoms. The third kappa shape index (κ3) is 13.6. The minimum Gasteiger partial charge on any atom is -0.456 e. The highest BCUT2D eigenvalue weighted by Gasteiger charge is 2.29. The summed E-state index contributed by atoms with van der Waals surface area (Å²) in [5, 5.41) is 31.3. The molecule has 30 rings (SSSR count). The Morgan fingerprint density at radius 1 is 0.125 bits per heavy atom. The van der Waals surface area contributed by atoms with Gasteiger partial charge in [-0.25, -0.2) is 0 Å². The first-order valence-corrected chi connectivity index (χ1v) is 49.6. The van der Waals surface area contributed by atoms with E-state index < -0.39 is 0 Å². The monoisotopic (exact) mass is 1830 g/mol. The van der Waals surface area contributed by atoms with Gasteiger partial charge >= 0.3 is 0 Å². The second kappa shape index (κ2) is 34.1. The molecule has 0 saturated heterocycles. The zero-order valence-corrected chi connectivity index (χ0v) is 79.0. The van der Waals surface area contributed by atoms with Crippen LogP contribution in [0.5, 0.6) is 0 Å². The molecular weight excluding hydrogens is 1750 g/mol. The van der Waals surface area contributed by atoms with Crippen LogP contribution in [-0.4, -0.2) is 0 Å². The minimum atomic E-state index is 0.869. The molecule has 0 radical (unpaired) electrons. The molecule has 0 aliphatic rings. The fraction of sp³-hybridized carbons (Fsp3) is 0.0143. The number of hydrogen-bond acceptors (Lipinski definition) is 4. The van der Waals surface area contributed by atoms with Gasteiger partial charge < -0.3 is 17.7 Å². The lowest BCUT2D eigenvalue weighted by Gasteiger charge is -2.20. The standard InChI is InChI=1S/C52H32O.C48H28O2.C40H28O/c1-2-15-33(16-3-1)37-29-30-40(39-21-7-6-20-38(37)39)47-31-35(32-48-41-22-12-13-28-49(41)53-52(47)48)50-43-23-8-10-25-45(43)51(46-26-11-9-24-44(46)50)42-27-14-18-34-17-4-5-19-36(34)42;1-2-15-31-29(13-1)14-11-22-33(31)46-36-19-5-3-17-34(36)45(35-18-4-6-20-37(35)46)30-27-40-32-16-7-9-24-42(32)50-48(40)41(28-30)38-23-12-26-44-47(38)39-21-8-10-25-43(39)49-44;1-25-22-26(2)24-28(23-25)29-20-21-36-39(34-18-10-11-19-35(34)41-36)40(29)38-32-16-8-6-14-30(32)37(27-12-4-3-5-13-27)31-15-7-9-17-33(31)38/h1-32H;1-28H;3-24H,1-2H3. The molecule has 672 valence electrons. The summed E-state index contributed by atoms with van der Waals surface area (Å²) in [5.74, 6) is 0. The molecule has 0 atom stereocenters. The van der Waals surface area contributed by atoms with Crippen molar-refractivity contribution in [3.63, 3.8) is 0 Å². The van der Waals surface area contributed by atoms with Crippen molar-refractivity contribution in [1.82, 2.24) is 0 Å². The van der Waals surface area contributed by atoms with Gasteiger partial charge in [0.25, 0.3) is 0 Å². The molecule has 0 fully saturated rings. The van der Waals surface area contributed by atoms with Crippen molar-refractivity contribution in [2.24, 2.45) is 0 Å². The van der Waals surface area contributed by atoms with Crippen LogP contribution in [0.1, 0.15) is 11.1 Å². The lowest BCUT2D eigenvalue weighted by Crippen LogP contribution is -1.94. The number of benzene rings is 26. The van der Waals surface area contributed by atoms with Crippen molar-refractivity contribution in [2.75, 3.05) is 0 Å². The van der Waals surface area contributed by atoms with Gasteiger partial charge in [-0.1, -0.05) is 448 Å². The fourth-order valence-electron chi connectivity index (χ4n) is 23.9. The number of rotatable bonds is 10. The molecule has 0 saturated carbocycles. The number of hydrogen-bond donors (Lipinski definition) is 0. The van der Waals surface area contributed by atoms with E-state index in [0.29, 0.717) is 0 Å². The summed E-state index contributed by atoms with van der Waals surface area (Å²) in [6.45, 7) is 4.36. The van der Waals surface area contributed by atoms with Crippen LogP contribution in [0, 0.1) is 13.8 Å². The van der Waals surface area contributed by atoms with Crippen molar-refractivity contribution >= 4 is 185 Å². The summed E-state index contributed by atoms with van der Waals surface area (Å²) in [6, 6.07) is 180. The number of aryl methyl sites for hydroxylation is 2. The second-order valence-electron chi connectivity index (χ2n) is 38.1. The van der Waals surface area contributed by atoms with Gasteiger partial charge in [-0.2, -0.15) is 0 Å². The van der Waals surface area contributed by atoms with E-state index in [1.807, 2.05) is 18.2 Å². The second-order valence-corrected chi connectivity index (χ2v) is 38.1. The molecule has 4 aromatic heterocycles. The van der Waals surface area contributed by atoms with E-state index in [1.54, 1.807) is 0 Å². The Morgan fingerprint density at radius 2 is 0.424 bits per heavy atom. The van der Waals surface area contributed by atoms with E-state index >= 15 is 0 Å². The fourth-order valence-corrected chi connectivity index (χ4v) is 23.9. The molecule has 4 nitrogen and oxygen atoms in total. The first-order chi connectivity index (χ1) is 71.3. The van der Waals surface area contributed by atoms with Crippen molar-refractivity contribution in [1.29, 1.82) is 0 Å². The number of furan rings is 4. The Kier molecular flexibility index (Phi) is 19.8. The van der Waals surface area contributed by atoms with Crippen LogP contribution in [0.15, 0.2) is 515 Å². The smallest absolute Gasteiger partial charge is 0.143 e. The molecular formula is C140H88O4. The van der Waals surface area contributed by atoms with E-state index in [4.69, 9.17) is 17.7 Å². The van der Waals surface area contributed by atoms with Gasteiger partial charge in [0.1, 0.15) is 44.7 Å². The van der Waals surface area contributed by atoms with Gasteiger partial charge in [-0.15, -0.1) is 0 Å². The molecule has 30 aromatic rings. The van der Waals surface area contributed by atoms with Gasteiger partial charge in [0.2, 0.25) is 0 Å². The van der Waals surface area contributed by atoms with Crippen LogP contribution in [0.2, 0.25) is 0 Å². The third-order valence-electron chi connectivity index (χ3n) is 29.8. The van der Waals surface area contributed by atoms with Gasteiger partial charge in [0.05, 0.1) is 0 Å². The zero-order valence-electron chi connectivity index (χ0n) is 79.0.